The van der Waals surface area contributed by atoms with Crippen molar-refractivity contribution in [1.29, 1.82) is 0 Å². The lowest BCUT2D eigenvalue weighted by molar-refractivity contribution is 1.21. The highest BCUT2D eigenvalue weighted by Crippen LogP contribution is 2.30. The molecule has 2 N–H and O–H groups in total. The van der Waals surface area contributed by atoms with Gasteiger partial charge >= 0.3 is 0 Å². The molecular weight excluding hydrogens is 162 g/mol. The van der Waals surface area contributed by atoms with E-state index < -0.39 is 0 Å². The SMILES string of the molecule is [C-]#[N+]c1c(C)c(N)c2ccccn12. The molecule has 64 valence electrons. The first-order chi connectivity index (χ1) is 6.25. The van der Waals surface area contributed by atoms with Crippen molar-refractivity contribution in [3.05, 3.63) is 41.4 Å². The largest absolute Gasteiger partial charge is 0.396 e. The number of anilines is 1. The fourth-order valence-corrected chi connectivity index (χ4v) is 1.48. The maximum Gasteiger partial charge on any atom is 0.240 e. The molecule has 0 atom stereocenters. The lowest BCUT2D eigenvalue weighted by Crippen LogP contribution is -1.85. The molecule has 0 saturated carbocycles. The van der Waals surface area contributed by atoms with Crippen molar-refractivity contribution < 1.29 is 0 Å². The minimum Gasteiger partial charge on any atom is -0.396 e. The number of hydrogen-bond donors (Lipinski definition) is 1. The summed E-state index contributed by atoms with van der Waals surface area (Å²) in [5.41, 5.74) is 8.32. The van der Waals surface area contributed by atoms with Gasteiger partial charge in [0.1, 0.15) is 5.52 Å². The molecule has 2 aromatic heterocycles. The van der Waals surface area contributed by atoms with Gasteiger partial charge in [-0.3, -0.25) is 4.40 Å². The van der Waals surface area contributed by atoms with Gasteiger partial charge in [0.15, 0.2) is 0 Å². The van der Waals surface area contributed by atoms with E-state index in [0.29, 0.717) is 11.5 Å². The zero-order chi connectivity index (χ0) is 9.42. The maximum absolute atomic E-state index is 7.03. The maximum atomic E-state index is 7.03. The summed E-state index contributed by atoms with van der Waals surface area (Å²) in [6.45, 7) is 8.90. The Hall–Kier alpha value is -1.95. The first-order valence-electron chi connectivity index (χ1n) is 3.98. The highest BCUT2D eigenvalue weighted by atomic mass is 15.0. The van der Waals surface area contributed by atoms with E-state index in [4.69, 9.17) is 12.3 Å². The van der Waals surface area contributed by atoms with Crippen LogP contribution in [0, 0.1) is 13.5 Å². The van der Waals surface area contributed by atoms with Crippen LogP contribution in [0.3, 0.4) is 0 Å². The lowest BCUT2D eigenvalue weighted by Gasteiger charge is -1.91. The van der Waals surface area contributed by atoms with Crippen molar-refractivity contribution in [3.8, 4) is 0 Å². The van der Waals surface area contributed by atoms with Crippen LogP contribution in [0.4, 0.5) is 11.5 Å². The molecule has 0 aliphatic rings. The Labute approximate surface area is 76.2 Å². The van der Waals surface area contributed by atoms with Crippen molar-refractivity contribution >= 4 is 17.0 Å². The van der Waals surface area contributed by atoms with Crippen molar-refractivity contribution in [2.45, 2.75) is 6.92 Å². The molecule has 3 nitrogen and oxygen atoms in total. The zero-order valence-electron chi connectivity index (χ0n) is 7.28. The predicted octanol–water partition coefficient (Wildman–Crippen LogP) is 2.38. The molecule has 0 amide bonds. The number of aromatic nitrogens is 1. The smallest absolute Gasteiger partial charge is 0.240 e. The second kappa shape index (κ2) is 2.53. The molecule has 2 rings (SSSR count). The molecule has 0 bridgehead atoms. The quantitative estimate of drug-likeness (QED) is 0.607. The van der Waals surface area contributed by atoms with Crippen LogP contribution in [0.15, 0.2) is 24.4 Å². The van der Waals surface area contributed by atoms with E-state index in [1.807, 2.05) is 35.7 Å². The van der Waals surface area contributed by atoms with Gasteiger partial charge in [0, 0.05) is 0 Å². The van der Waals surface area contributed by atoms with Crippen molar-refractivity contribution in [2.24, 2.45) is 0 Å². The molecule has 2 heterocycles. The summed E-state index contributed by atoms with van der Waals surface area (Å²) in [6, 6.07) is 5.72. The van der Waals surface area contributed by atoms with Gasteiger partial charge in [-0.15, -0.1) is 0 Å². The van der Waals surface area contributed by atoms with Gasteiger partial charge in [0.2, 0.25) is 5.82 Å². The normalized spacial score (nSPS) is 10.2. The summed E-state index contributed by atoms with van der Waals surface area (Å²) in [4.78, 5) is 3.45. The van der Waals surface area contributed by atoms with Gasteiger partial charge < -0.3 is 10.6 Å². The summed E-state index contributed by atoms with van der Waals surface area (Å²) in [5.74, 6) is 0.605. The van der Waals surface area contributed by atoms with Crippen LogP contribution >= 0.6 is 0 Å². The first-order valence-corrected chi connectivity index (χ1v) is 3.98. The summed E-state index contributed by atoms with van der Waals surface area (Å²) < 4.78 is 1.82. The molecule has 3 heteroatoms. The van der Waals surface area contributed by atoms with Gasteiger partial charge in [-0.1, -0.05) is 12.6 Å². The Kier molecular flexibility index (Phi) is 1.49. The molecule has 0 spiro atoms. The van der Waals surface area contributed by atoms with Crippen LogP contribution in [0.1, 0.15) is 5.56 Å². The molecule has 0 aromatic carbocycles. The Morgan fingerprint density at radius 1 is 1.46 bits per heavy atom. The first kappa shape index (κ1) is 7.69. The monoisotopic (exact) mass is 171 g/mol. The fraction of sp³-hybridized carbons (Fsp3) is 0.100. The van der Waals surface area contributed by atoms with E-state index >= 15 is 0 Å². The second-order valence-corrected chi connectivity index (χ2v) is 2.93. The van der Waals surface area contributed by atoms with E-state index in [1.165, 1.54) is 0 Å². The number of nitrogen functional groups attached to an aromatic ring is 1. The Morgan fingerprint density at radius 2 is 2.23 bits per heavy atom. The van der Waals surface area contributed by atoms with Crippen LogP contribution in [0.2, 0.25) is 0 Å². The van der Waals surface area contributed by atoms with Crippen LogP contribution in [-0.4, -0.2) is 4.40 Å². The molecule has 0 radical (unpaired) electrons. The molecular formula is C10H9N3. The third kappa shape index (κ3) is 0.890. The van der Waals surface area contributed by atoms with Crippen LogP contribution in [0.5, 0.6) is 0 Å². The minimum atomic E-state index is 0.605. The van der Waals surface area contributed by atoms with E-state index in [-0.39, 0.29) is 0 Å². The number of rotatable bonds is 0. The number of fused-ring (bicyclic) bond motifs is 1. The van der Waals surface area contributed by atoms with E-state index in [0.717, 1.165) is 11.1 Å². The average Bonchev–Trinajstić information content (AvgIpc) is 2.41. The predicted molar refractivity (Wildman–Crippen MR) is 52.8 cm³/mol. The van der Waals surface area contributed by atoms with Crippen molar-refractivity contribution in [1.82, 2.24) is 4.40 Å². The standard InChI is InChI=1S/C10H9N3/c1-7-9(11)8-5-3-4-6-13(8)10(7)12-2/h3-6H,11H2,1H3. The van der Waals surface area contributed by atoms with Crippen molar-refractivity contribution in [3.63, 3.8) is 0 Å². The van der Waals surface area contributed by atoms with E-state index in [9.17, 15) is 0 Å². The summed E-state index contributed by atoms with van der Waals surface area (Å²) in [6.07, 6.45) is 1.85. The van der Waals surface area contributed by atoms with E-state index in [2.05, 4.69) is 4.85 Å². The minimum absolute atomic E-state index is 0.605. The third-order valence-corrected chi connectivity index (χ3v) is 2.21. The number of nitrogens with two attached hydrogens (primary N) is 1. The molecule has 0 aliphatic heterocycles. The molecule has 13 heavy (non-hydrogen) atoms. The highest BCUT2D eigenvalue weighted by molar-refractivity contribution is 5.81. The molecule has 0 saturated heterocycles. The lowest BCUT2D eigenvalue weighted by atomic mass is 10.3. The molecule has 0 fully saturated rings. The summed E-state index contributed by atoms with van der Waals surface area (Å²) in [5, 5.41) is 0. The van der Waals surface area contributed by atoms with Gasteiger partial charge in [0.25, 0.3) is 0 Å². The fourth-order valence-electron chi connectivity index (χ4n) is 1.48. The summed E-state index contributed by atoms with van der Waals surface area (Å²) in [7, 11) is 0. The molecule has 0 unspecified atom stereocenters. The summed E-state index contributed by atoms with van der Waals surface area (Å²) >= 11 is 0. The average molecular weight is 171 g/mol. The number of pyridine rings is 1. The zero-order valence-corrected chi connectivity index (χ0v) is 7.28. The second-order valence-electron chi connectivity index (χ2n) is 2.93. The Balaban J connectivity index is 3.00. The van der Waals surface area contributed by atoms with E-state index in [1.54, 1.807) is 0 Å². The topological polar surface area (TPSA) is 34.8 Å². The van der Waals surface area contributed by atoms with Gasteiger partial charge in [-0.25, -0.2) is 0 Å². The Morgan fingerprint density at radius 3 is 2.92 bits per heavy atom. The highest BCUT2D eigenvalue weighted by Gasteiger charge is 2.12. The molecule has 2 aromatic rings. The number of hydrogen-bond acceptors (Lipinski definition) is 1. The van der Waals surface area contributed by atoms with Crippen LogP contribution in [-0.2, 0) is 0 Å². The van der Waals surface area contributed by atoms with Crippen LogP contribution < -0.4 is 5.73 Å². The molecule has 0 aliphatic carbocycles. The van der Waals surface area contributed by atoms with Crippen LogP contribution in [0.25, 0.3) is 10.4 Å². The van der Waals surface area contributed by atoms with Gasteiger partial charge in [-0.2, -0.15) is 0 Å². The number of nitrogens with zero attached hydrogens (tertiary/aromatic N) is 2. The third-order valence-electron chi connectivity index (χ3n) is 2.21. The Bertz CT molecular complexity index is 503. The van der Waals surface area contributed by atoms with Gasteiger partial charge in [0.05, 0.1) is 11.9 Å². The van der Waals surface area contributed by atoms with Crippen molar-refractivity contribution in [2.75, 3.05) is 5.73 Å². The van der Waals surface area contributed by atoms with Gasteiger partial charge in [-0.05, 0) is 24.6 Å².